The van der Waals surface area contributed by atoms with Gasteiger partial charge in [-0.2, -0.15) is 0 Å². The Hall–Kier alpha value is -2.15. The van der Waals surface area contributed by atoms with E-state index in [-0.39, 0.29) is 12.1 Å². The number of nitrogens with zero attached hydrogens (tertiary/aromatic N) is 1. The molecule has 1 atom stereocenters. The molecule has 0 unspecified atom stereocenters. The molecule has 29 heavy (non-hydrogen) atoms. The van der Waals surface area contributed by atoms with Crippen molar-refractivity contribution in [3.8, 4) is 11.5 Å². The summed E-state index contributed by atoms with van der Waals surface area (Å²) < 4.78 is 18.6. The Morgan fingerprint density at radius 3 is 2.62 bits per heavy atom. The first-order valence-electron chi connectivity index (χ1n) is 9.74. The van der Waals surface area contributed by atoms with Crippen molar-refractivity contribution in [1.82, 2.24) is 4.98 Å². The molecule has 2 heterocycles. The minimum absolute atomic E-state index is 0.0494. The normalized spacial score (nSPS) is 19.6. The van der Waals surface area contributed by atoms with Gasteiger partial charge in [0.1, 0.15) is 17.3 Å². The molecule has 1 aromatic heterocycles. The molecule has 7 heteroatoms. The van der Waals surface area contributed by atoms with Crippen LogP contribution < -0.4 is 10.1 Å². The molecule has 0 bridgehead atoms. The molecule has 1 aliphatic heterocycles. The zero-order valence-electron chi connectivity index (χ0n) is 15.8. The second-order valence-electron chi connectivity index (χ2n) is 7.72. The molecular formula is C22H21ClN2O3S. The highest BCUT2D eigenvalue weighted by atomic mass is 35.5. The van der Waals surface area contributed by atoms with E-state index in [4.69, 9.17) is 21.3 Å². The molecule has 0 spiro atoms. The summed E-state index contributed by atoms with van der Waals surface area (Å²) in [6.07, 6.45) is 3.62. The van der Waals surface area contributed by atoms with Crippen LogP contribution in [-0.4, -0.2) is 32.2 Å². The molecule has 2 aromatic carbocycles. The van der Waals surface area contributed by atoms with Crippen molar-refractivity contribution in [2.45, 2.75) is 36.1 Å². The summed E-state index contributed by atoms with van der Waals surface area (Å²) in [5, 5.41) is 15.0. The fraction of sp³-hybridized carbons (Fsp3) is 0.318. The van der Waals surface area contributed by atoms with Gasteiger partial charge in [0, 0.05) is 22.2 Å². The Bertz CT molecular complexity index is 1110. The van der Waals surface area contributed by atoms with Crippen LogP contribution in [0.1, 0.15) is 24.8 Å². The van der Waals surface area contributed by atoms with Crippen LogP contribution in [0, 0.1) is 0 Å². The lowest BCUT2D eigenvalue weighted by atomic mass is 9.77. The van der Waals surface area contributed by atoms with Crippen LogP contribution in [0.5, 0.6) is 11.5 Å². The highest BCUT2D eigenvalue weighted by Gasteiger charge is 2.38. The number of benzene rings is 2. The number of fused-ring (bicyclic) bond motifs is 3. The number of aromatic nitrogens is 1. The number of pyridine rings is 1. The number of aliphatic hydroxyl groups excluding tert-OH is 1. The van der Waals surface area contributed by atoms with Gasteiger partial charge in [-0.25, -0.2) is 4.98 Å². The number of ether oxygens (including phenoxy) is 1. The van der Waals surface area contributed by atoms with Gasteiger partial charge in [-0.15, -0.1) is 0 Å². The molecular weight excluding hydrogens is 408 g/mol. The maximum absolute atomic E-state index is 12.7. The van der Waals surface area contributed by atoms with Crippen LogP contribution in [0.4, 0.5) is 5.82 Å². The van der Waals surface area contributed by atoms with Crippen LogP contribution in [0.2, 0.25) is 5.02 Å². The summed E-state index contributed by atoms with van der Waals surface area (Å²) in [5.41, 5.74) is 1.53. The topological polar surface area (TPSA) is 71.5 Å². The van der Waals surface area contributed by atoms with Gasteiger partial charge in [-0.1, -0.05) is 11.6 Å². The molecule has 2 N–H and O–H groups in total. The van der Waals surface area contributed by atoms with E-state index in [0.29, 0.717) is 28.1 Å². The summed E-state index contributed by atoms with van der Waals surface area (Å²) >= 11 is 5.94. The summed E-state index contributed by atoms with van der Waals surface area (Å²) in [4.78, 5) is 5.61. The number of nitrogens with one attached hydrogen (secondary N) is 1. The Kier molecular flexibility index (Phi) is 4.73. The van der Waals surface area contributed by atoms with E-state index in [1.165, 1.54) is 0 Å². The van der Waals surface area contributed by atoms with E-state index in [1.54, 1.807) is 12.1 Å². The van der Waals surface area contributed by atoms with Gasteiger partial charge in [0.25, 0.3) is 0 Å². The first kappa shape index (κ1) is 18.9. The monoisotopic (exact) mass is 428 g/mol. The molecule has 2 aliphatic rings. The molecule has 5 rings (SSSR count). The second kappa shape index (κ2) is 7.27. The number of aliphatic hydroxyl groups is 1. The smallest absolute Gasteiger partial charge is 0.143 e. The average Bonchev–Trinajstić information content (AvgIpc) is 3.08. The Morgan fingerprint density at radius 1 is 1.17 bits per heavy atom. The lowest BCUT2D eigenvalue weighted by molar-refractivity contribution is 0.143. The van der Waals surface area contributed by atoms with Gasteiger partial charge >= 0.3 is 0 Å². The molecule has 1 fully saturated rings. The van der Waals surface area contributed by atoms with Gasteiger partial charge in [0.05, 0.1) is 33.4 Å². The first-order valence-corrected chi connectivity index (χ1v) is 11.4. The van der Waals surface area contributed by atoms with Gasteiger partial charge in [0.15, 0.2) is 0 Å². The van der Waals surface area contributed by atoms with Crippen LogP contribution in [0.25, 0.3) is 10.9 Å². The zero-order valence-corrected chi connectivity index (χ0v) is 17.4. The highest BCUT2D eigenvalue weighted by Crippen LogP contribution is 2.40. The molecule has 5 nitrogen and oxygen atoms in total. The maximum atomic E-state index is 12.7. The Morgan fingerprint density at radius 2 is 1.93 bits per heavy atom. The van der Waals surface area contributed by atoms with E-state index in [9.17, 15) is 9.32 Å². The van der Waals surface area contributed by atoms with E-state index < -0.39 is 10.8 Å². The van der Waals surface area contributed by atoms with Crippen LogP contribution in [0.15, 0.2) is 47.4 Å². The molecule has 150 valence electrons. The van der Waals surface area contributed by atoms with Crippen LogP contribution in [-0.2, 0) is 17.2 Å². The van der Waals surface area contributed by atoms with Gasteiger partial charge in [0.2, 0.25) is 0 Å². The minimum Gasteiger partial charge on any atom is -0.457 e. The molecule has 0 radical (unpaired) electrons. The van der Waals surface area contributed by atoms with Crippen molar-refractivity contribution < 1.29 is 14.1 Å². The number of hydrogen-bond acceptors (Lipinski definition) is 5. The van der Waals surface area contributed by atoms with Gasteiger partial charge in [-0.05, 0) is 67.6 Å². The SMILES string of the molecule is O=[S@@]1CCc2c1c(NC1(CO)CCC1)nc1cc(Oc3ccc(Cl)cc3)ccc21. The predicted octanol–water partition coefficient (Wildman–Crippen LogP) is 4.67. The third-order valence-corrected chi connectivity index (χ3v) is 7.55. The van der Waals surface area contributed by atoms with Crippen molar-refractivity contribution in [3.05, 3.63) is 53.1 Å². The van der Waals surface area contributed by atoms with Crippen LogP contribution >= 0.6 is 11.6 Å². The third kappa shape index (κ3) is 3.39. The first-order chi connectivity index (χ1) is 14.1. The number of rotatable bonds is 5. The van der Waals surface area contributed by atoms with E-state index in [2.05, 4.69) is 5.32 Å². The molecule has 0 amide bonds. The number of aryl methyl sites for hydroxylation is 1. The van der Waals surface area contributed by atoms with Crippen molar-refractivity contribution >= 4 is 39.1 Å². The predicted molar refractivity (Wildman–Crippen MR) is 116 cm³/mol. The van der Waals surface area contributed by atoms with Crippen molar-refractivity contribution in [2.24, 2.45) is 0 Å². The summed E-state index contributed by atoms with van der Waals surface area (Å²) in [6, 6.07) is 13.0. The largest absolute Gasteiger partial charge is 0.457 e. The fourth-order valence-corrected chi connectivity index (χ4v) is 5.57. The standard InChI is InChI=1S/C22H21ClN2O3S/c23-14-2-4-15(5-3-14)28-16-6-7-17-18-8-11-29(27)20(18)21(24-19(17)12-16)25-22(13-26)9-1-10-22/h2-7,12,26H,1,8-11,13H2,(H,24,25)/t29-/m1/s1. The lowest BCUT2D eigenvalue weighted by Gasteiger charge is -2.41. The second-order valence-corrected chi connectivity index (χ2v) is 9.66. The Balaban J connectivity index is 1.56. The minimum atomic E-state index is -1.07. The van der Waals surface area contributed by atoms with Gasteiger partial charge in [-0.3, -0.25) is 4.21 Å². The zero-order chi connectivity index (χ0) is 20.0. The van der Waals surface area contributed by atoms with E-state index in [1.807, 2.05) is 30.3 Å². The summed E-state index contributed by atoms with van der Waals surface area (Å²) in [5.74, 6) is 2.63. The van der Waals surface area contributed by atoms with Crippen molar-refractivity contribution in [3.63, 3.8) is 0 Å². The van der Waals surface area contributed by atoms with Crippen molar-refractivity contribution in [2.75, 3.05) is 17.7 Å². The van der Waals surface area contributed by atoms with E-state index in [0.717, 1.165) is 47.0 Å². The van der Waals surface area contributed by atoms with Crippen molar-refractivity contribution in [1.29, 1.82) is 0 Å². The molecule has 1 saturated carbocycles. The number of hydrogen-bond donors (Lipinski definition) is 2. The van der Waals surface area contributed by atoms with Gasteiger partial charge < -0.3 is 15.2 Å². The third-order valence-electron chi connectivity index (χ3n) is 5.83. The number of anilines is 1. The maximum Gasteiger partial charge on any atom is 0.143 e. The lowest BCUT2D eigenvalue weighted by Crippen LogP contribution is -2.48. The summed E-state index contributed by atoms with van der Waals surface area (Å²) in [7, 11) is -1.07. The fourth-order valence-electron chi connectivity index (χ4n) is 4.05. The Labute approximate surface area is 176 Å². The molecule has 1 aliphatic carbocycles. The number of halogens is 1. The van der Waals surface area contributed by atoms with E-state index >= 15 is 0 Å². The average molecular weight is 429 g/mol. The molecule has 0 saturated heterocycles. The quantitative estimate of drug-likeness (QED) is 0.617. The van der Waals surface area contributed by atoms with Crippen LogP contribution in [0.3, 0.4) is 0 Å². The summed E-state index contributed by atoms with van der Waals surface area (Å²) in [6.45, 7) is 0.0494. The molecule has 3 aromatic rings. The highest BCUT2D eigenvalue weighted by molar-refractivity contribution is 7.85.